The van der Waals surface area contributed by atoms with E-state index in [1.54, 1.807) is 0 Å². The average molecular weight is 572 g/mol. The molecule has 3 fully saturated rings. The molecule has 3 rings (SSSR count). The number of amides is 6. The van der Waals surface area contributed by atoms with Gasteiger partial charge in [0, 0.05) is 49.8 Å². The van der Waals surface area contributed by atoms with Gasteiger partial charge in [-0.25, -0.2) is 9.59 Å². The van der Waals surface area contributed by atoms with Crippen LogP contribution < -0.4 is 21.3 Å². The van der Waals surface area contributed by atoms with Crippen LogP contribution in [0.25, 0.3) is 0 Å². The Labute approximate surface area is 230 Å². The van der Waals surface area contributed by atoms with Crippen LogP contribution in [0.3, 0.4) is 0 Å². The van der Waals surface area contributed by atoms with Crippen molar-refractivity contribution in [2.45, 2.75) is 68.7 Å². The molecular formula is C24H37N5O9S. The molecule has 0 spiro atoms. The summed E-state index contributed by atoms with van der Waals surface area (Å²) in [6.07, 6.45) is 3.22. The van der Waals surface area contributed by atoms with Crippen LogP contribution in [-0.2, 0) is 38.3 Å². The van der Waals surface area contributed by atoms with E-state index in [9.17, 15) is 28.8 Å². The minimum Gasteiger partial charge on any atom is -0.379 e. The molecule has 0 saturated carbocycles. The number of thioether (sulfide) groups is 1. The Balaban J connectivity index is 1.07. The van der Waals surface area contributed by atoms with Crippen LogP contribution in [0.2, 0.25) is 0 Å². The zero-order chi connectivity index (χ0) is 28.0. The number of carbonyl (C=O) groups is 6. The van der Waals surface area contributed by atoms with Gasteiger partial charge in [-0.05, 0) is 12.8 Å². The number of nitrogens with zero attached hydrogens (tertiary/aromatic N) is 1. The normalized spacial score (nSPS) is 21.9. The van der Waals surface area contributed by atoms with Gasteiger partial charge in [-0.15, -0.1) is 5.06 Å². The van der Waals surface area contributed by atoms with Crippen LogP contribution in [0.5, 0.6) is 0 Å². The molecule has 0 unspecified atom stereocenters. The molecule has 15 heteroatoms. The highest BCUT2D eigenvalue weighted by Crippen LogP contribution is 2.33. The van der Waals surface area contributed by atoms with Crippen LogP contribution >= 0.6 is 11.8 Å². The third-order valence-electron chi connectivity index (χ3n) is 6.34. The number of hydrogen-bond acceptors (Lipinski definition) is 10. The van der Waals surface area contributed by atoms with Crippen molar-refractivity contribution in [3.05, 3.63) is 0 Å². The van der Waals surface area contributed by atoms with Gasteiger partial charge in [0.05, 0.1) is 44.9 Å². The summed E-state index contributed by atoms with van der Waals surface area (Å²) < 4.78 is 10.6. The second-order valence-corrected chi connectivity index (χ2v) is 10.6. The highest BCUT2D eigenvalue weighted by atomic mass is 32.2. The van der Waals surface area contributed by atoms with Crippen molar-refractivity contribution < 1.29 is 43.1 Å². The topological polar surface area (TPSA) is 181 Å². The van der Waals surface area contributed by atoms with Crippen LogP contribution in [0, 0.1) is 0 Å². The van der Waals surface area contributed by atoms with Crippen molar-refractivity contribution in [1.29, 1.82) is 0 Å². The number of unbranched alkanes of at least 4 members (excludes halogenated alkanes) is 1. The third kappa shape index (κ3) is 10.6. The molecule has 0 aromatic carbocycles. The standard InChI is InChI=1S/C24H37N5O9S/c30-18(4-2-1-3-17-23-16(15-39-17)27-24(35)28-23)25-9-10-26-19(31)7-11-36-13-14-37-12-8-22(34)38-29-20(32)5-6-21(29)33/h16-17,23H,1-15H2,(H,25,30)(H,26,31)(H2,27,28,35)/t16-,17-,23-/m0/s1. The van der Waals surface area contributed by atoms with Gasteiger partial charge in [-0.2, -0.15) is 11.8 Å². The molecule has 0 aromatic heterocycles. The predicted molar refractivity (Wildman–Crippen MR) is 138 cm³/mol. The first-order chi connectivity index (χ1) is 18.8. The number of carbonyl (C=O) groups excluding carboxylic acids is 6. The Kier molecular flexibility index (Phi) is 12.8. The Morgan fingerprint density at radius 1 is 0.846 bits per heavy atom. The molecule has 0 aromatic rings. The van der Waals surface area contributed by atoms with E-state index in [0.29, 0.717) is 29.8 Å². The number of urea groups is 1. The number of nitrogens with one attached hydrogen (secondary N) is 4. The van der Waals surface area contributed by atoms with Crippen molar-refractivity contribution >= 4 is 47.4 Å². The summed E-state index contributed by atoms with van der Waals surface area (Å²) in [6.45, 7) is 1.35. The molecule has 3 aliphatic rings. The zero-order valence-electron chi connectivity index (χ0n) is 21.9. The van der Waals surface area contributed by atoms with Gasteiger partial charge in [-0.3, -0.25) is 19.2 Å². The number of imide groups is 1. The predicted octanol–water partition coefficient (Wildman–Crippen LogP) is -0.635. The molecule has 14 nitrogen and oxygen atoms in total. The maximum atomic E-state index is 12.0. The Morgan fingerprint density at radius 3 is 2.18 bits per heavy atom. The molecule has 218 valence electrons. The van der Waals surface area contributed by atoms with Crippen molar-refractivity contribution in [2.75, 3.05) is 45.3 Å². The Morgan fingerprint density at radius 2 is 1.49 bits per heavy atom. The molecule has 39 heavy (non-hydrogen) atoms. The number of hydrogen-bond donors (Lipinski definition) is 4. The van der Waals surface area contributed by atoms with Crippen LogP contribution in [0.4, 0.5) is 4.79 Å². The van der Waals surface area contributed by atoms with Crippen LogP contribution in [0.15, 0.2) is 0 Å². The SMILES string of the molecule is O=C(CCCC[C@@H]1SC[C@@H]2NC(=O)N[C@@H]21)NCCNC(=O)CCOCCOCCC(=O)ON1C(=O)CCC1=O. The van der Waals surface area contributed by atoms with Gasteiger partial charge in [0.25, 0.3) is 11.8 Å². The third-order valence-corrected chi connectivity index (χ3v) is 7.85. The lowest BCUT2D eigenvalue weighted by Crippen LogP contribution is -2.36. The number of fused-ring (bicyclic) bond motifs is 1. The van der Waals surface area contributed by atoms with Crippen molar-refractivity contribution in [1.82, 2.24) is 26.3 Å². The molecule has 0 radical (unpaired) electrons. The molecule has 0 bridgehead atoms. The Hall–Kier alpha value is -2.91. The van der Waals surface area contributed by atoms with E-state index in [-0.39, 0.29) is 82.0 Å². The van der Waals surface area contributed by atoms with Gasteiger partial charge < -0.3 is 35.6 Å². The average Bonchev–Trinajstić information content (AvgIpc) is 3.56. The number of ether oxygens (including phenoxy) is 2. The molecule has 3 atom stereocenters. The van der Waals surface area contributed by atoms with E-state index in [0.717, 1.165) is 25.0 Å². The van der Waals surface area contributed by atoms with Gasteiger partial charge in [0.2, 0.25) is 11.8 Å². The summed E-state index contributed by atoms with van der Waals surface area (Å²) in [6, 6.07) is 0.309. The fourth-order valence-corrected chi connectivity index (χ4v) is 5.85. The summed E-state index contributed by atoms with van der Waals surface area (Å²) in [5, 5.41) is 12.3. The monoisotopic (exact) mass is 571 g/mol. The molecule has 0 aliphatic carbocycles. The van der Waals surface area contributed by atoms with E-state index in [1.165, 1.54) is 0 Å². The summed E-state index contributed by atoms with van der Waals surface area (Å²) in [5.74, 6) is -1.11. The van der Waals surface area contributed by atoms with Crippen molar-refractivity contribution in [2.24, 2.45) is 0 Å². The summed E-state index contributed by atoms with van der Waals surface area (Å²) in [5.41, 5.74) is 0. The molecule has 4 N–H and O–H groups in total. The van der Waals surface area contributed by atoms with Gasteiger partial charge >= 0.3 is 12.0 Å². The second-order valence-electron chi connectivity index (χ2n) is 9.34. The largest absolute Gasteiger partial charge is 0.379 e. The zero-order valence-corrected chi connectivity index (χ0v) is 22.7. The second kappa shape index (κ2) is 16.3. The van der Waals surface area contributed by atoms with Gasteiger partial charge in [0.1, 0.15) is 0 Å². The quantitative estimate of drug-likeness (QED) is 0.0939. The highest BCUT2D eigenvalue weighted by Gasteiger charge is 2.42. The van der Waals surface area contributed by atoms with Crippen LogP contribution in [-0.4, -0.2) is 103 Å². The number of rotatable bonds is 18. The lowest BCUT2D eigenvalue weighted by molar-refractivity contribution is -0.198. The molecule has 3 aliphatic heterocycles. The Bertz CT molecular complexity index is 889. The van der Waals surface area contributed by atoms with Gasteiger partial charge in [0.15, 0.2) is 0 Å². The lowest BCUT2D eigenvalue weighted by Gasteiger charge is -2.16. The summed E-state index contributed by atoms with van der Waals surface area (Å²) in [7, 11) is 0. The fourth-order valence-electron chi connectivity index (χ4n) is 4.30. The maximum Gasteiger partial charge on any atom is 0.335 e. The van der Waals surface area contributed by atoms with Gasteiger partial charge in [-0.1, -0.05) is 6.42 Å². The van der Waals surface area contributed by atoms with E-state index in [2.05, 4.69) is 21.3 Å². The minimum absolute atomic E-state index is 0.0403. The molecule has 6 amide bonds. The lowest BCUT2D eigenvalue weighted by atomic mass is 10.0. The first-order valence-corrected chi connectivity index (χ1v) is 14.3. The summed E-state index contributed by atoms with van der Waals surface area (Å²) >= 11 is 1.86. The summed E-state index contributed by atoms with van der Waals surface area (Å²) in [4.78, 5) is 74.4. The van der Waals surface area contributed by atoms with E-state index < -0.39 is 17.8 Å². The van der Waals surface area contributed by atoms with Crippen molar-refractivity contribution in [3.63, 3.8) is 0 Å². The van der Waals surface area contributed by atoms with Crippen molar-refractivity contribution in [3.8, 4) is 0 Å². The fraction of sp³-hybridized carbons (Fsp3) is 0.750. The first kappa shape index (κ1) is 30.6. The number of hydroxylamine groups is 2. The highest BCUT2D eigenvalue weighted by molar-refractivity contribution is 8.00. The van der Waals surface area contributed by atoms with E-state index in [4.69, 9.17) is 14.3 Å². The smallest absolute Gasteiger partial charge is 0.335 e. The van der Waals surface area contributed by atoms with Crippen LogP contribution in [0.1, 0.15) is 51.4 Å². The minimum atomic E-state index is -0.733. The molecule has 3 saturated heterocycles. The molecule has 3 heterocycles. The van der Waals surface area contributed by atoms with E-state index >= 15 is 0 Å². The van der Waals surface area contributed by atoms with E-state index in [1.807, 2.05) is 11.8 Å². The molecular weight excluding hydrogens is 534 g/mol. The first-order valence-electron chi connectivity index (χ1n) is 13.3. The maximum absolute atomic E-state index is 12.0.